The second-order valence-electron chi connectivity index (χ2n) is 14.6. The SMILES string of the molecule is COc1cc(Br)c(F)cc1-n1c(=O)ccc2cc(S(=O)(=O)Nc3ncccn3)ccc21.COc1cc(Br)c(F)cc1-n1c(=O)ccc2cc(S(=O)(=O)Oc3c(F)c(F)c(F)c(F)c3F)ccc21.Nc1ncccn1. The molecule has 0 bridgehead atoms. The quantitative estimate of drug-likeness (QED) is 0.0564. The van der Waals surface area contributed by atoms with Gasteiger partial charge in [-0.15, -0.1) is 0 Å². The number of sulfonamides is 1. The van der Waals surface area contributed by atoms with Crippen molar-refractivity contribution in [2.24, 2.45) is 0 Å². The van der Waals surface area contributed by atoms with E-state index in [9.17, 15) is 57.2 Å². The molecule has 0 aliphatic rings. The molecule has 0 aliphatic carbocycles. The molecule has 0 radical (unpaired) electrons. The minimum atomic E-state index is -5.12. The van der Waals surface area contributed by atoms with E-state index in [4.69, 9.17) is 15.2 Å². The molecule has 9 aromatic rings. The van der Waals surface area contributed by atoms with E-state index in [1.807, 2.05) is 0 Å². The van der Waals surface area contributed by atoms with Crippen LogP contribution < -0.4 is 35.2 Å². The van der Waals surface area contributed by atoms with E-state index >= 15 is 0 Å². The van der Waals surface area contributed by atoms with Crippen LogP contribution in [0.4, 0.5) is 42.6 Å². The van der Waals surface area contributed by atoms with Crippen LogP contribution in [0.25, 0.3) is 33.2 Å². The molecule has 17 nitrogen and oxygen atoms in total. The third-order valence-corrected chi connectivity index (χ3v) is 13.8. The number of nitrogen functional groups attached to an aromatic ring is 1. The van der Waals surface area contributed by atoms with Crippen molar-refractivity contribution in [1.82, 2.24) is 29.1 Å². The first-order valence-electron chi connectivity index (χ1n) is 20.2. The fraction of sp³-hybridized carbons (Fsp3) is 0.0435. The Hall–Kier alpha value is -7.95. The zero-order valence-electron chi connectivity index (χ0n) is 37.2. The third kappa shape index (κ3) is 11.3. The summed E-state index contributed by atoms with van der Waals surface area (Å²) < 4.78 is 167. The van der Waals surface area contributed by atoms with Gasteiger partial charge in [0, 0.05) is 59.8 Å². The van der Waals surface area contributed by atoms with E-state index in [1.54, 1.807) is 24.5 Å². The Kier molecular flexibility index (Phi) is 16.0. The number of hydrogen-bond donors (Lipinski definition) is 2. The number of halogens is 9. The van der Waals surface area contributed by atoms with E-state index < -0.39 is 82.6 Å². The van der Waals surface area contributed by atoms with Crippen molar-refractivity contribution in [3.05, 3.63) is 192 Å². The van der Waals surface area contributed by atoms with Gasteiger partial charge in [-0.3, -0.25) is 18.7 Å². The van der Waals surface area contributed by atoms with Gasteiger partial charge in [0.1, 0.15) is 28.0 Å². The highest BCUT2D eigenvalue weighted by atomic mass is 79.9. The monoisotopic (exact) mass is 1190 g/mol. The van der Waals surface area contributed by atoms with Crippen LogP contribution in [0.3, 0.4) is 0 Å². The summed E-state index contributed by atoms with van der Waals surface area (Å²) in [5.41, 5.74) is 4.67. The van der Waals surface area contributed by atoms with E-state index in [0.29, 0.717) is 16.9 Å². The predicted molar refractivity (Wildman–Crippen MR) is 261 cm³/mol. The van der Waals surface area contributed by atoms with E-state index in [-0.39, 0.29) is 53.6 Å². The molecule has 9 rings (SSSR count). The Labute approximate surface area is 429 Å². The minimum absolute atomic E-state index is 0.0259. The average Bonchev–Trinajstić information content (AvgIpc) is 3.38. The Morgan fingerprint density at radius 1 is 0.554 bits per heavy atom. The maximum absolute atomic E-state index is 14.2. The van der Waals surface area contributed by atoms with Crippen LogP contribution in [-0.4, -0.2) is 60.1 Å². The molecule has 28 heteroatoms. The molecule has 4 aromatic heterocycles. The summed E-state index contributed by atoms with van der Waals surface area (Å²) in [4.78, 5) is 39.5. The molecular weight excluding hydrogens is 1170 g/mol. The summed E-state index contributed by atoms with van der Waals surface area (Å²) in [6, 6.07) is 20.2. The molecule has 4 heterocycles. The van der Waals surface area contributed by atoms with Crippen LogP contribution in [-0.2, 0) is 20.1 Å². The summed E-state index contributed by atoms with van der Waals surface area (Å²) in [5.74, 6) is -14.9. The van der Waals surface area contributed by atoms with Crippen LogP contribution in [0, 0.1) is 40.7 Å². The average molecular weight is 1190 g/mol. The number of hydrogen-bond acceptors (Lipinski definition) is 14. The summed E-state index contributed by atoms with van der Waals surface area (Å²) in [6.07, 6.45) is 6.02. The van der Waals surface area contributed by atoms with Gasteiger partial charge < -0.3 is 19.4 Å². The van der Waals surface area contributed by atoms with Gasteiger partial charge in [0.25, 0.3) is 21.1 Å². The van der Waals surface area contributed by atoms with Gasteiger partial charge in [-0.05, 0) is 105 Å². The molecule has 3 N–H and O–H groups in total. The number of pyridine rings is 2. The normalized spacial score (nSPS) is 11.3. The van der Waals surface area contributed by atoms with Crippen molar-refractivity contribution in [3.8, 4) is 28.6 Å². The maximum Gasteiger partial charge on any atom is 0.339 e. The summed E-state index contributed by atoms with van der Waals surface area (Å²) >= 11 is 6.09. The number of anilines is 2. The highest BCUT2D eigenvalue weighted by Gasteiger charge is 2.31. The number of fused-ring (bicyclic) bond motifs is 2. The summed E-state index contributed by atoms with van der Waals surface area (Å²) in [7, 11) is -6.41. The summed E-state index contributed by atoms with van der Waals surface area (Å²) in [5, 5.41) is 0.504. The van der Waals surface area contributed by atoms with Crippen molar-refractivity contribution < 1.29 is 61.2 Å². The van der Waals surface area contributed by atoms with Crippen molar-refractivity contribution in [2.45, 2.75) is 9.79 Å². The fourth-order valence-electron chi connectivity index (χ4n) is 6.64. The van der Waals surface area contributed by atoms with E-state index in [0.717, 1.165) is 34.9 Å². The van der Waals surface area contributed by atoms with E-state index in [1.165, 1.54) is 85.8 Å². The highest BCUT2D eigenvalue weighted by molar-refractivity contribution is 9.10. The van der Waals surface area contributed by atoms with Crippen LogP contribution in [0.1, 0.15) is 0 Å². The molecule has 0 saturated carbocycles. The van der Waals surface area contributed by atoms with Crippen LogP contribution in [0.5, 0.6) is 17.2 Å². The van der Waals surface area contributed by atoms with Crippen LogP contribution in [0.2, 0.25) is 0 Å². The zero-order chi connectivity index (χ0) is 53.8. The molecule has 0 spiro atoms. The first-order valence-corrected chi connectivity index (χ1v) is 24.7. The lowest BCUT2D eigenvalue weighted by molar-refractivity contribution is 0.346. The standard InChI is InChI=1S/C22H10BrF6NO5S.C20H14BrFN4O4S.C4H5N3/c1-34-15-7-11(23)12(24)8-14(15)30-13-4-3-10(6-9(13)2-5-16(30)31)36(32,33)35-22-20(28)18(26)17(25)19(27)21(22)29;1-30-18-10-14(21)15(22)11-17(18)26-16-5-4-13(9-12(16)3-6-19(26)27)31(28,29)25-20-23-7-2-8-24-20;5-4-6-2-1-3-7-4/h2-8H,1H3;2-11H,1H3,(H,23,24,25);1-3H,(H2,5,6,7). The molecule has 0 unspecified atom stereocenters. The Balaban J connectivity index is 0.000000192. The second-order valence-corrected chi connectivity index (χ2v) is 19.5. The third-order valence-electron chi connectivity index (χ3n) is 10.00. The Bertz CT molecular complexity index is 3970. The van der Waals surface area contributed by atoms with Crippen molar-refractivity contribution in [1.29, 1.82) is 0 Å². The van der Waals surface area contributed by atoms with Gasteiger partial charge in [-0.2, -0.15) is 17.2 Å². The molecule has 0 amide bonds. The van der Waals surface area contributed by atoms with Gasteiger partial charge >= 0.3 is 10.1 Å². The van der Waals surface area contributed by atoms with Crippen molar-refractivity contribution >= 4 is 85.7 Å². The number of benzene rings is 5. The van der Waals surface area contributed by atoms with Gasteiger partial charge in [-0.1, -0.05) is 0 Å². The minimum Gasteiger partial charge on any atom is -0.495 e. The molecule has 74 heavy (non-hydrogen) atoms. The number of aromatic nitrogens is 6. The van der Waals surface area contributed by atoms with Gasteiger partial charge in [0.05, 0.1) is 50.5 Å². The first kappa shape index (κ1) is 53.8. The lowest BCUT2D eigenvalue weighted by Crippen LogP contribution is -2.19. The van der Waals surface area contributed by atoms with Crippen LogP contribution in [0.15, 0.2) is 150 Å². The lowest BCUT2D eigenvalue weighted by atomic mass is 10.2. The molecule has 0 aliphatic heterocycles. The molecule has 5 aromatic carbocycles. The largest absolute Gasteiger partial charge is 0.495 e. The highest BCUT2D eigenvalue weighted by Crippen LogP contribution is 2.35. The number of nitrogens with zero attached hydrogens (tertiary/aromatic N) is 6. The second kappa shape index (κ2) is 22.0. The molecule has 0 saturated heterocycles. The number of nitrogens with two attached hydrogens (primary N) is 1. The van der Waals surface area contributed by atoms with Gasteiger partial charge in [0.2, 0.25) is 46.7 Å². The lowest BCUT2D eigenvalue weighted by Gasteiger charge is -2.15. The Morgan fingerprint density at radius 3 is 1.41 bits per heavy atom. The number of nitrogens with one attached hydrogen (secondary N) is 1. The Morgan fingerprint density at radius 2 is 0.973 bits per heavy atom. The van der Waals surface area contributed by atoms with Crippen molar-refractivity contribution in [3.63, 3.8) is 0 Å². The number of ether oxygens (including phenoxy) is 2. The van der Waals surface area contributed by atoms with Crippen LogP contribution >= 0.6 is 31.9 Å². The van der Waals surface area contributed by atoms with Gasteiger partial charge in [-0.25, -0.2) is 55.0 Å². The molecule has 0 fully saturated rings. The van der Waals surface area contributed by atoms with E-state index in [2.05, 4.69) is 60.7 Å². The van der Waals surface area contributed by atoms with Gasteiger partial charge in [0.15, 0.2) is 0 Å². The summed E-state index contributed by atoms with van der Waals surface area (Å²) in [6.45, 7) is 0. The number of methoxy groups -OCH3 is 2. The van der Waals surface area contributed by atoms with Crippen molar-refractivity contribution in [2.75, 3.05) is 24.7 Å². The zero-order valence-corrected chi connectivity index (χ0v) is 42.0. The molecule has 0 atom stereocenters. The molecule has 382 valence electrons. The maximum atomic E-state index is 14.2. The first-order chi connectivity index (χ1) is 35.1. The topological polar surface area (TPSA) is 230 Å². The number of rotatable bonds is 10. The fourth-order valence-corrected chi connectivity index (χ4v) is 9.24. The predicted octanol–water partition coefficient (Wildman–Crippen LogP) is 8.91. The molecular formula is C46H29Br2F7N8O9S2. The smallest absolute Gasteiger partial charge is 0.339 e.